The highest BCUT2D eigenvalue weighted by molar-refractivity contribution is 5.77. The first kappa shape index (κ1) is 13.9. The van der Waals surface area contributed by atoms with Crippen molar-refractivity contribution >= 4 is 5.91 Å². The number of nitrogens with zero attached hydrogens (tertiary/aromatic N) is 2. The number of piperidine rings is 1. The van der Waals surface area contributed by atoms with Crippen molar-refractivity contribution < 1.29 is 4.79 Å². The topological polar surface area (TPSA) is 23.6 Å². The molecule has 2 heterocycles. The van der Waals surface area contributed by atoms with E-state index in [1.165, 1.54) is 32.4 Å². The van der Waals surface area contributed by atoms with Gasteiger partial charge in [-0.25, -0.2) is 0 Å². The fourth-order valence-electron chi connectivity index (χ4n) is 3.17. The molecule has 3 heteroatoms. The van der Waals surface area contributed by atoms with Crippen molar-refractivity contribution in [1.29, 1.82) is 0 Å². The number of carbonyl (C=O) groups is 1. The molecule has 2 rings (SSSR count). The van der Waals surface area contributed by atoms with Crippen molar-refractivity contribution in [3.05, 3.63) is 0 Å². The van der Waals surface area contributed by atoms with Gasteiger partial charge in [-0.1, -0.05) is 20.3 Å². The lowest BCUT2D eigenvalue weighted by Gasteiger charge is -2.53. The van der Waals surface area contributed by atoms with Gasteiger partial charge >= 0.3 is 0 Å². The Bertz CT molecular complexity index is 285. The van der Waals surface area contributed by atoms with Crippen LogP contribution in [0.25, 0.3) is 0 Å². The van der Waals surface area contributed by atoms with Gasteiger partial charge in [0.2, 0.25) is 5.91 Å². The quantitative estimate of drug-likeness (QED) is 0.767. The monoisotopic (exact) mass is 252 g/mol. The molecule has 3 nitrogen and oxygen atoms in total. The maximum absolute atomic E-state index is 12.0. The molecule has 2 aliphatic rings. The van der Waals surface area contributed by atoms with Gasteiger partial charge in [-0.05, 0) is 45.3 Å². The second kappa shape index (κ2) is 5.60. The molecule has 0 radical (unpaired) electrons. The Balaban J connectivity index is 1.67. The summed E-state index contributed by atoms with van der Waals surface area (Å²) in [5, 5.41) is 0. The Labute approximate surface area is 112 Å². The van der Waals surface area contributed by atoms with Crippen molar-refractivity contribution in [3.63, 3.8) is 0 Å². The number of amides is 1. The third kappa shape index (κ3) is 3.25. The lowest BCUT2D eigenvalue weighted by Crippen LogP contribution is -2.61. The van der Waals surface area contributed by atoms with Gasteiger partial charge in [-0.2, -0.15) is 0 Å². The first-order valence-corrected chi connectivity index (χ1v) is 7.47. The normalized spacial score (nSPS) is 23.4. The standard InChI is InChI=1S/C15H28N2O/c1-13(2)5-4-6-14(18)17-11-15(12-17)7-9-16(3)10-8-15/h13H,4-12H2,1-3H3. The predicted molar refractivity (Wildman–Crippen MR) is 74.4 cm³/mol. The molecule has 104 valence electrons. The van der Waals surface area contributed by atoms with Gasteiger partial charge in [0.15, 0.2) is 0 Å². The Hall–Kier alpha value is -0.570. The van der Waals surface area contributed by atoms with Crippen LogP contribution in [0.4, 0.5) is 0 Å². The molecule has 0 aromatic carbocycles. The summed E-state index contributed by atoms with van der Waals surface area (Å²) in [5.41, 5.74) is 0.486. The van der Waals surface area contributed by atoms with E-state index >= 15 is 0 Å². The molecule has 0 N–H and O–H groups in total. The highest BCUT2D eigenvalue weighted by Crippen LogP contribution is 2.40. The van der Waals surface area contributed by atoms with Crippen molar-refractivity contribution in [1.82, 2.24) is 9.80 Å². The molecule has 18 heavy (non-hydrogen) atoms. The summed E-state index contributed by atoms with van der Waals surface area (Å²) in [7, 11) is 2.19. The minimum absolute atomic E-state index is 0.389. The van der Waals surface area contributed by atoms with Crippen molar-refractivity contribution in [3.8, 4) is 0 Å². The third-order valence-electron chi connectivity index (χ3n) is 4.63. The molecule has 1 spiro atoms. The van der Waals surface area contributed by atoms with Gasteiger partial charge in [-0.15, -0.1) is 0 Å². The fraction of sp³-hybridized carbons (Fsp3) is 0.933. The van der Waals surface area contributed by atoms with E-state index in [0.29, 0.717) is 11.3 Å². The van der Waals surface area contributed by atoms with Crippen LogP contribution in [0.1, 0.15) is 46.0 Å². The molecular weight excluding hydrogens is 224 g/mol. The van der Waals surface area contributed by atoms with Crippen LogP contribution >= 0.6 is 0 Å². The molecule has 0 saturated carbocycles. The molecule has 0 aromatic rings. The van der Waals surface area contributed by atoms with Crippen LogP contribution in [0, 0.1) is 11.3 Å². The van der Waals surface area contributed by atoms with Crippen LogP contribution in [0.2, 0.25) is 0 Å². The maximum atomic E-state index is 12.0. The average molecular weight is 252 g/mol. The molecule has 0 unspecified atom stereocenters. The average Bonchev–Trinajstić information content (AvgIpc) is 2.26. The summed E-state index contributed by atoms with van der Waals surface area (Å²) < 4.78 is 0. The van der Waals surface area contributed by atoms with E-state index in [1.54, 1.807) is 0 Å². The zero-order valence-corrected chi connectivity index (χ0v) is 12.2. The van der Waals surface area contributed by atoms with Gasteiger partial charge in [0.25, 0.3) is 0 Å². The Kier molecular flexibility index (Phi) is 4.31. The Morgan fingerprint density at radius 2 is 1.83 bits per heavy atom. The lowest BCUT2D eigenvalue weighted by atomic mass is 9.72. The van der Waals surface area contributed by atoms with Crippen LogP contribution in [0.3, 0.4) is 0 Å². The minimum atomic E-state index is 0.389. The van der Waals surface area contributed by atoms with Crippen molar-refractivity contribution in [2.75, 3.05) is 33.2 Å². The van der Waals surface area contributed by atoms with E-state index in [9.17, 15) is 4.79 Å². The second-order valence-corrected chi connectivity index (χ2v) is 6.84. The highest BCUT2D eigenvalue weighted by atomic mass is 16.2. The van der Waals surface area contributed by atoms with E-state index < -0.39 is 0 Å². The minimum Gasteiger partial charge on any atom is -0.341 e. The van der Waals surface area contributed by atoms with E-state index in [1.807, 2.05) is 0 Å². The zero-order valence-electron chi connectivity index (χ0n) is 12.2. The fourth-order valence-corrected chi connectivity index (χ4v) is 3.17. The molecule has 0 atom stereocenters. The molecule has 0 bridgehead atoms. The maximum Gasteiger partial charge on any atom is 0.222 e. The van der Waals surface area contributed by atoms with Gasteiger partial charge in [0, 0.05) is 24.9 Å². The molecule has 0 aliphatic carbocycles. The zero-order chi connectivity index (χ0) is 13.2. The van der Waals surface area contributed by atoms with Crippen LogP contribution in [-0.2, 0) is 4.79 Å². The largest absolute Gasteiger partial charge is 0.341 e. The van der Waals surface area contributed by atoms with Crippen molar-refractivity contribution in [2.45, 2.75) is 46.0 Å². The summed E-state index contributed by atoms with van der Waals surface area (Å²) >= 11 is 0. The highest BCUT2D eigenvalue weighted by Gasteiger charge is 2.45. The number of likely N-dealkylation sites (tertiary alicyclic amines) is 2. The van der Waals surface area contributed by atoms with E-state index in [0.717, 1.165) is 31.8 Å². The van der Waals surface area contributed by atoms with Gasteiger partial charge in [-0.3, -0.25) is 4.79 Å². The predicted octanol–water partition coefficient (Wildman–Crippen LogP) is 2.37. The first-order valence-electron chi connectivity index (χ1n) is 7.47. The number of hydrogen-bond donors (Lipinski definition) is 0. The third-order valence-corrected chi connectivity index (χ3v) is 4.63. The summed E-state index contributed by atoms with van der Waals surface area (Å²) in [5.74, 6) is 1.11. The van der Waals surface area contributed by atoms with E-state index in [2.05, 4.69) is 30.7 Å². The lowest BCUT2D eigenvalue weighted by molar-refractivity contribution is -0.146. The van der Waals surface area contributed by atoms with Crippen LogP contribution in [-0.4, -0.2) is 48.9 Å². The van der Waals surface area contributed by atoms with Crippen LogP contribution < -0.4 is 0 Å². The number of carbonyl (C=O) groups excluding carboxylic acids is 1. The molecule has 2 saturated heterocycles. The SMILES string of the molecule is CC(C)CCCC(=O)N1CC2(CCN(C)CC2)C1. The number of rotatable bonds is 4. The van der Waals surface area contributed by atoms with Gasteiger partial charge < -0.3 is 9.80 Å². The van der Waals surface area contributed by atoms with Gasteiger partial charge in [0.1, 0.15) is 0 Å². The molecule has 1 amide bonds. The molecule has 2 fully saturated rings. The first-order chi connectivity index (χ1) is 8.51. The summed E-state index contributed by atoms with van der Waals surface area (Å²) in [6.45, 7) is 8.91. The Morgan fingerprint density at radius 3 is 2.39 bits per heavy atom. The van der Waals surface area contributed by atoms with Gasteiger partial charge in [0.05, 0.1) is 0 Å². The van der Waals surface area contributed by atoms with Crippen molar-refractivity contribution in [2.24, 2.45) is 11.3 Å². The molecule has 0 aromatic heterocycles. The number of hydrogen-bond acceptors (Lipinski definition) is 2. The second-order valence-electron chi connectivity index (χ2n) is 6.84. The van der Waals surface area contributed by atoms with E-state index in [-0.39, 0.29) is 0 Å². The summed E-state index contributed by atoms with van der Waals surface area (Å²) in [4.78, 5) is 16.5. The Morgan fingerprint density at radius 1 is 1.22 bits per heavy atom. The van der Waals surface area contributed by atoms with E-state index in [4.69, 9.17) is 0 Å². The smallest absolute Gasteiger partial charge is 0.222 e. The molecular formula is C15H28N2O. The summed E-state index contributed by atoms with van der Waals surface area (Å²) in [6.07, 6.45) is 5.55. The van der Waals surface area contributed by atoms with Crippen LogP contribution in [0.5, 0.6) is 0 Å². The van der Waals surface area contributed by atoms with Crippen LogP contribution in [0.15, 0.2) is 0 Å². The summed E-state index contributed by atoms with van der Waals surface area (Å²) in [6, 6.07) is 0. The molecule has 2 aliphatic heterocycles.